The van der Waals surface area contributed by atoms with Gasteiger partial charge in [0.15, 0.2) is 0 Å². The Morgan fingerprint density at radius 3 is 2.63 bits per heavy atom. The molecule has 0 aliphatic rings. The summed E-state index contributed by atoms with van der Waals surface area (Å²) in [5.41, 5.74) is 0.992. The van der Waals surface area contributed by atoms with E-state index in [1.807, 2.05) is 43.0 Å². The van der Waals surface area contributed by atoms with Gasteiger partial charge in [0.1, 0.15) is 0 Å². The van der Waals surface area contributed by atoms with E-state index in [-0.39, 0.29) is 0 Å². The fraction of sp³-hybridized carbons (Fsp3) is 0. The van der Waals surface area contributed by atoms with Crippen molar-refractivity contribution in [1.29, 1.82) is 0 Å². The molecule has 0 aliphatic heterocycles. The first-order valence-electron chi connectivity index (χ1n) is 5.94. The van der Waals surface area contributed by atoms with Crippen LogP contribution >= 0.6 is 11.3 Å². The summed E-state index contributed by atoms with van der Waals surface area (Å²) < 4.78 is 1.23. The molecule has 0 N–H and O–H groups in total. The molecule has 4 rings (SSSR count). The predicted molar refractivity (Wildman–Crippen MR) is 78.2 cm³/mol. The van der Waals surface area contributed by atoms with Gasteiger partial charge in [-0.3, -0.25) is 15.0 Å². The van der Waals surface area contributed by atoms with Gasteiger partial charge in [-0.15, -0.1) is 11.3 Å². The lowest BCUT2D eigenvalue weighted by Gasteiger charge is -2.01. The van der Waals surface area contributed by atoms with Gasteiger partial charge in [-0.1, -0.05) is 0 Å². The molecule has 0 saturated carbocycles. The number of thiophene rings is 1. The van der Waals surface area contributed by atoms with Gasteiger partial charge in [0.25, 0.3) is 0 Å². The first kappa shape index (κ1) is 10.6. The Bertz CT molecular complexity index is 844. The Balaban J connectivity index is 2.03. The zero-order chi connectivity index (χ0) is 12.7. The first-order valence-corrected chi connectivity index (χ1v) is 6.76. The molecule has 0 aliphatic carbocycles. The van der Waals surface area contributed by atoms with Gasteiger partial charge in [-0.25, -0.2) is 0 Å². The van der Waals surface area contributed by atoms with E-state index in [1.54, 1.807) is 17.5 Å². The molecule has 0 spiro atoms. The van der Waals surface area contributed by atoms with Gasteiger partial charge in [0.05, 0.1) is 10.6 Å². The number of pyridine rings is 3. The monoisotopic (exact) mass is 263 g/mol. The van der Waals surface area contributed by atoms with Crippen molar-refractivity contribution in [2.75, 3.05) is 0 Å². The Morgan fingerprint density at radius 2 is 1.68 bits per heavy atom. The summed E-state index contributed by atoms with van der Waals surface area (Å²) >= 11 is 1.73. The summed E-state index contributed by atoms with van der Waals surface area (Å²) in [5.74, 6) is 0. The van der Waals surface area contributed by atoms with Crippen molar-refractivity contribution in [3.8, 4) is 10.6 Å². The number of fused-ring (bicyclic) bond motifs is 2. The summed E-state index contributed by atoms with van der Waals surface area (Å²) in [6.45, 7) is 0. The Morgan fingerprint density at radius 1 is 0.842 bits per heavy atom. The van der Waals surface area contributed by atoms with Gasteiger partial charge in [0, 0.05) is 46.5 Å². The predicted octanol–water partition coefficient (Wildman–Crippen LogP) is 3.91. The van der Waals surface area contributed by atoms with E-state index >= 15 is 0 Å². The summed E-state index contributed by atoms with van der Waals surface area (Å²) in [5, 5.41) is 3.41. The standard InChI is InChI=1S/C15H9N3S/c1-4-17-9-12-10(1)2-6-18-15(12)14-7-11-8-16-5-3-13(11)19-14/h1-9H. The lowest BCUT2D eigenvalue weighted by atomic mass is 10.1. The lowest BCUT2D eigenvalue weighted by Crippen LogP contribution is -1.83. The van der Waals surface area contributed by atoms with Crippen LogP contribution in [-0.4, -0.2) is 15.0 Å². The SMILES string of the molecule is c1cc2sc(-c3nccc4ccncc34)cc2cn1. The molecule has 4 heteroatoms. The van der Waals surface area contributed by atoms with Crippen molar-refractivity contribution >= 4 is 32.2 Å². The third-order valence-corrected chi connectivity index (χ3v) is 4.24. The Hall–Kier alpha value is -2.33. The number of nitrogens with zero attached hydrogens (tertiary/aromatic N) is 3. The van der Waals surface area contributed by atoms with Crippen molar-refractivity contribution in [2.24, 2.45) is 0 Å². The van der Waals surface area contributed by atoms with Gasteiger partial charge in [0.2, 0.25) is 0 Å². The van der Waals surface area contributed by atoms with E-state index in [2.05, 4.69) is 21.0 Å². The molecule has 0 atom stereocenters. The molecule has 90 valence electrons. The zero-order valence-electron chi connectivity index (χ0n) is 9.95. The van der Waals surface area contributed by atoms with E-state index in [1.165, 1.54) is 4.70 Å². The molecule has 4 aromatic rings. The molecule has 3 nitrogen and oxygen atoms in total. The summed E-state index contributed by atoms with van der Waals surface area (Å²) in [6, 6.07) is 8.19. The van der Waals surface area contributed by atoms with Crippen LogP contribution in [0.1, 0.15) is 0 Å². The maximum absolute atomic E-state index is 4.52. The van der Waals surface area contributed by atoms with Crippen LogP contribution in [0.15, 0.2) is 55.2 Å². The summed E-state index contributed by atoms with van der Waals surface area (Å²) in [6.07, 6.45) is 9.24. The molecule has 0 fully saturated rings. The quantitative estimate of drug-likeness (QED) is 0.522. The van der Waals surface area contributed by atoms with Crippen molar-refractivity contribution in [2.45, 2.75) is 0 Å². The van der Waals surface area contributed by atoms with Gasteiger partial charge in [-0.2, -0.15) is 0 Å². The fourth-order valence-corrected chi connectivity index (χ4v) is 3.25. The number of hydrogen-bond donors (Lipinski definition) is 0. The molecule has 0 bridgehead atoms. The van der Waals surface area contributed by atoms with E-state index in [9.17, 15) is 0 Å². The molecule has 0 saturated heterocycles. The third kappa shape index (κ3) is 1.69. The molecule has 0 aromatic carbocycles. The van der Waals surface area contributed by atoms with Crippen LogP contribution in [0.25, 0.3) is 31.4 Å². The second-order valence-corrected chi connectivity index (χ2v) is 5.36. The Kier molecular flexibility index (Phi) is 2.28. The highest BCUT2D eigenvalue weighted by molar-refractivity contribution is 7.22. The molecular formula is C15H9N3S. The smallest absolute Gasteiger partial charge is 0.0895 e. The zero-order valence-corrected chi connectivity index (χ0v) is 10.8. The fourth-order valence-electron chi connectivity index (χ4n) is 2.21. The van der Waals surface area contributed by atoms with Crippen molar-refractivity contribution < 1.29 is 0 Å². The maximum atomic E-state index is 4.52. The topological polar surface area (TPSA) is 38.7 Å². The summed E-state index contributed by atoms with van der Waals surface area (Å²) in [4.78, 5) is 14.0. The van der Waals surface area contributed by atoms with Crippen molar-refractivity contribution in [1.82, 2.24) is 15.0 Å². The number of hydrogen-bond acceptors (Lipinski definition) is 4. The highest BCUT2D eigenvalue weighted by Gasteiger charge is 2.09. The average molecular weight is 263 g/mol. The van der Waals surface area contributed by atoms with Crippen LogP contribution in [-0.2, 0) is 0 Å². The normalized spacial score (nSPS) is 11.2. The molecule has 0 unspecified atom stereocenters. The van der Waals surface area contributed by atoms with Crippen LogP contribution in [0.3, 0.4) is 0 Å². The largest absolute Gasteiger partial charge is 0.264 e. The van der Waals surface area contributed by atoms with Crippen LogP contribution in [0.4, 0.5) is 0 Å². The Labute approximate surface area is 113 Å². The molecule has 4 heterocycles. The minimum atomic E-state index is 0.992. The molecule has 0 radical (unpaired) electrons. The van der Waals surface area contributed by atoms with Crippen LogP contribution in [0.2, 0.25) is 0 Å². The van der Waals surface area contributed by atoms with E-state index in [0.29, 0.717) is 0 Å². The highest BCUT2D eigenvalue weighted by Crippen LogP contribution is 2.34. The van der Waals surface area contributed by atoms with E-state index < -0.39 is 0 Å². The molecule has 0 amide bonds. The maximum Gasteiger partial charge on any atom is 0.0895 e. The van der Waals surface area contributed by atoms with Gasteiger partial charge in [-0.05, 0) is 29.7 Å². The minimum absolute atomic E-state index is 0.992. The van der Waals surface area contributed by atoms with Crippen LogP contribution in [0, 0.1) is 0 Å². The average Bonchev–Trinajstić information content (AvgIpc) is 2.90. The van der Waals surface area contributed by atoms with Crippen LogP contribution in [0.5, 0.6) is 0 Å². The van der Waals surface area contributed by atoms with Crippen molar-refractivity contribution in [3.63, 3.8) is 0 Å². The molecular weight excluding hydrogens is 254 g/mol. The van der Waals surface area contributed by atoms with Crippen molar-refractivity contribution in [3.05, 3.63) is 55.2 Å². The van der Waals surface area contributed by atoms with Gasteiger partial charge < -0.3 is 0 Å². The number of rotatable bonds is 1. The minimum Gasteiger partial charge on any atom is -0.264 e. The van der Waals surface area contributed by atoms with E-state index in [0.717, 1.165) is 26.7 Å². The van der Waals surface area contributed by atoms with E-state index in [4.69, 9.17) is 0 Å². The second-order valence-electron chi connectivity index (χ2n) is 4.28. The molecule has 4 aromatic heterocycles. The molecule has 19 heavy (non-hydrogen) atoms. The summed E-state index contributed by atoms with van der Waals surface area (Å²) in [7, 11) is 0. The third-order valence-electron chi connectivity index (χ3n) is 3.12. The number of aromatic nitrogens is 3. The first-order chi connectivity index (χ1) is 9.42. The second kappa shape index (κ2) is 4.10. The highest BCUT2D eigenvalue weighted by atomic mass is 32.1. The van der Waals surface area contributed by atoms with Gasteiger partial charge >= 0.3 is 0 Å². The lowest BCUT2D eigenvalue weighted by molar-refractivity contribution is 1.32. The van der Waals surface area contributed by atoms with Crippen LogP contribution < -0.4 is 0 Å².